The van der Waals surface area contributed by atoms with Gasteiger partial charge in [0.1, 0.15) is 0 Å². The second kappa shape index (κ2) is 13.7. The van der Waals surface area contributed by atoms with E-state index in [1.165, 1.54) is 30.0 Å². The van der Waals surface area contributed by atoms with Gasteiger partial charge in [-0.05, 0) is 36.3 Å². The third kappa shape index (κ3) is 7.08. The van der Waals surface area contributed by atoms with Gasteiger partial charge in [-0.25, -0.2) is 0 Å². The van der Waals surface area contributed by atoms with Gasteiger partial charge in [0.15, 0.2) is 0 Å². The molecular weight excluding hydrogens is 388 g/mol. The Balaban J connectivity index is 0. The summed E-state index contributed by atoms with van der Waals surface area (Å²) >= 11 is 0. The minimum atomic E-state index is -0.257. The Hall–Kier alpha value is -0.499. The maximum absolute atomic E-state index is 2.48. The van der Waals surface area contributed by atoms with Gasteiger partial charge in [-0.15, -0.1) is 0 Å². The molecule has 2 rings (SSSR count). The predicted molar refractivity (Wildman–Crippen MR) is 129 cm³/mol. The van der Waals surface area contributed by atoms with E-state index in [2.05, 4.69) is 66.7 Å². The van der Waals surface area contributed by atoms with E-state index < -0.39 is 0 Å². The Morgan fingerprint density at radius 3 is 1.89 bits per heavy atom. The SMILES string of the molecule is CCc1cc(CC)cc([SiH2]C[c-]2c(C)c(C)c(C)c2CC(C)CC)c1.[CH3-].[CH3-].[Ti+3]. The Labute approximate surface area is 194 Å². The Kier molecular flexibility index (Phi) is 14.5. The van der Waals surface area contributed by atoms with E-state index in [-0.39, 0.29) is 46.1 Å². The van der Waals surface area contributed by atoms with Gasteiger partial charge in [0.25, 0.3) is 0 Å². The van der Waals surface area contributed by atoms with Crippen LogP contribution < -0.4 is 5.19 Å². The van der Waals surface area contributed by atoms with Crippen molar-refractivity contribution in [1.29, 1.82) is 0 Å². The molecule has 1 radical (unpaired) electrons. The topological polar surface area (TPSA) is 0 Å². The molecular formula is C26H43SiTi. The Morgan fingerprint density at radius 2 is 1.43 bits per heavy atom. The monoisotopic (exact) mass is 431 g/mol. The summed E-state index contributed by atoms with van der Waals surface area (Å²) in [5, 5.41) is 1.65. The summed E-state index contributed by atoms with van der Waals surface area (Å²) < 4.78 is 0. The molecule has 1 unspecified atom stereocenters. The van der Waals surface area contributed by atoms with Gasteiger partial charge >= 0.3 is 21.7 Å². The summed E-state index contributed by atoms with van der Waals surface area (Å²) in [5.41, 5.74) is 11.1. The maximum atomic E-state index is 2.48. The van der Waals surface area contributed by atoms with Gasteiger partial charge in [0.05, 0.1) is 0 Å². The first kappa shape index (κ1) is 29.7. The van der Waals surface area contributed by atoms with Crippen molar-refractivity contribution in [2.75, 3.05) is 0 Å². The molecule has 2 heteroatoms. The Morgan fingerprint density at radius 1 is 0.893 bits per heavy atom. The number of hydrogen-bond donors (Lipinski definition) is 0. The van der Waals surface area contributed by atoms with E-state index in [9.17, 15) is 0 Å². The van der Waals surface area contributed by atoms with Crippen LogP contribution in [0.15, 0.2) is 18.2 Å². The second-order valence-electron chi connectivity index (χ2n) is 7.91. The van der Waals surface area contributed by atoms with Crippen molar-refractivity contribution in [3.8, 4) is 0 Å². The van der Waals surface area contributed by atoms with Crippen LogP contribution in [0.5, 0.6) is 0 Å². The molecule has 0 saturated heterocycles. The molecule has 0 spiro atoms. The first-order valence-electron chi connectivity index (χ1n) is 10.3. The molecule has 0 aliphatic rings. The van der Waals surface area contributed by atoms with Gasteiger partial charge in [-0.2, -0.15) is 27.8 Å². The van der Waals surface area contributed by atoms with Crippen LogP contribution in [0, 0.1) is 41.5 Å². The molecule has 0 saturated carbocycles. The molecule has 28 heavy (non-hydrogen) atoms. The van der Waals surface area contributed by atoms with Gasteiger partial charge in [-0.1, -0.05) is 84.3 Å². The smallest absolute Gasteiger partial charge is 0.358 e. The molecule has 2 aromatic carbocycles. The Bertz CT molecular complexity index is 689. The molecule has 0 bridgehead atoms. The molecule has 155 valence electrons. The summed E-state index contributed by atoms with van der Waals surface area (Å²) in [5.74, 6) is 0.787. The van der Waals surface area contributed by atoms with Crippen LogP contribution in [0.1, 0.15) is 73.1 Å². The zero-order valence-corrected chi connectivity index (χ0v) is 23.0. The third-order valence-electron chi connectivity index (χ3n) is 6.24. The zero-order chi connectivity index (χ0) is 18.6. The molecule has 0 fully saturated rings. The first-order chi connectivity index (χ1) is 11.9. The molecule has 2 aromatic rings. The molecule has 0 N–H and O–H groups in total. The molecule has 0 heterocycles. The van der Waals surface area contributed by atoms with Crippen molar-refractivity contribution in [2.45, 2.75) is 80.2 Å². The van der Waals surface area contributed by atoms with E-state index in [1.54, 1.807) is 33.0 Å². The third-order valence-corrected chi connectivity index (χ3v) is 7.97. The van der Waals surface area contributed by atoms with Crippen LogP contribution in [0.2, 0.25) is 0 Å². The normalized spacial score (nSPS) is 11.7. The summed E-state index contributed by atoms with van der Waals surface area (Å²) in [7, 11) is -0.257. The van der Waals surface area contributed by atoms with Gasteiger partial charge < -0.3 is 14.9 Å². The number of hydrogen-bond acceptors (Lipinski definition) is 0. The van der Waals surface area contributed by atoms with Crippen molar-refractivity contribution >= 4 is 14.7 Å². The van der Waals surface area contributed by atoms with E-state index in [0.29, 0.717) is 0 Å². The largest absolute Gasteiger partial charge is 3.00 e. The fourth-order valence-corrected chi connectivity index (χ4v) is 5.98. The van der Waals surface area contributed by atoms with E-state index in [0.717, 1.165) is 18.8 Å². The minimum Gasteiger partial charge on any atom is -0.358 e. The summed E-state index contributed by atoms with van der Waals surface area (Å²) in [6.07, 6.45) is 4.85. The van der Waals surface area contributed by atoms with E-state index in [4.69, 9.17) is 0 Å². The van der Waals surface area contributed by atoms with E-state index in [1.807, 2.05) is 0 Å². The number of rotatable bonds is 8. The first-order valence-corrected chi connectivity index (χ1v) is 12.0. The summed E-state index contributed by atoms with van der Waals surface area (Å²) in [6, 6.07) is 8.69. The van der Waals surface area contributed by atoms with Gasteiger partial charge in [0.2, 0.25) is 0 Å². The minimum absolute atomic E-state index is 0. The molecule has 0 aliphatic heterocycles. The molecule has 1 atom stereocenters. The van der Waals surface area contributed by atoms with E-state index >= 15 is 0 Å². The van der Waals surface area contributed by atoms with Crippen molar-refractivity contribution in [3.05, 3.63) is 72.0 Å². The number of aryl methyl sites for hydroxylation is 2. The average Bonchev–Trinajstić information content (AvgIpc) is 2.83. The van der Waals surface area contributed by atoms with Gasteiger partial charge in [0, 0.05) is 9.52 Å². The van der Waals surface area contributed by atoms with Crippen LogP contribution in [0.25, 0.3) is 0 Å². The molecule has 0 aliphatic carbocycles. The average molecular weight is 432 g/mol. The molecule has 0 amide bonds. The van der Waals surface area contributed by atoms with Crippen LogP contribution in [0.4, 0.5) is 0 Å². The van der Waals surface area contributed by atoms with Crippen LogP contribution in [-0.4, -0.2) is 9.52 Å². The molecule has 0 nitrogen and oxygen atoms in total. The maximum Gasteiger partial charge on any atom is 3.00 e. The van der Waals surface area contributed by atoms with Crippen molar-refractivity contribution in [1.82, 2.24) is 0 Å². The van der Waals surface area contributed by atoms with Crippen molar-refractivity contribution < 1.29 is 21.7 Å². The quantitative estimate of drug-likeness (QED) is 0.359. The van der Waals surface area contributed by atoms with Gasteiger partial charge in [-0.3, -0.25) is 0 Å². The second-order valence-corrected chi connectivity index (χ2v) is 9.73. The van der Waals surface area contributed by atoms with Crippen LogP contribution in [-0.2, 0) is 47.0 Å². The van der Waals surface area contributed by atoms with Crippen LogP contribution >= 0.6 is 0 Å². The summed E-state index contributed by atoms with van der Waals surface area (Å²) in [6.45, 7) is 16.3. The fourth-order valence-electron chi connectivity index (χ4n) is 3.96. The van der Waals surface area contributed by atoms with Crippen molar-refractivity contribution in [2.24, 2.45) is 5.92 Å². The molecule has 0 aromatic heterocycles. The predicted octanol–water partition coefficient (Wildman–Crippen LogP) is 5.94. The standard InChI is InChI=1S/C24H37Si.2CH3.Ti/c1-8-16(4)11-23-18(6)17(5)19(7)24(23)15-25-22-13-20(9-2)12-21(10-3)14-22;;;/h12-14,16H,8-11,15,25H2,1-7H3;2*1H3;/q3*-1;+3. The van der Waals surface area contributed by atoms with Crippen molar-refractivity contribution in [3.63, 3.8) is 0 Å². The number of benzene rings is 1. The fraction of sp³-hybridized carbons (Fsp3) is 0.500. The summed E-state index contributed by atoms with van der Waals surface area (Å²) in [4.78, 5) is 0. The zero-order valence-electron chi connectivity index (χ0n) is 20.1. The van der Waals surface area contributed by atoms with Crippen LogP contribution in [0.3, 0.4) is 0 Å².